The summed E-state index contributed by atoms with van der Waals surface area (Å²) < 4.78 is 5.30. The number of hydrogen-bond donors (Lipinski definition) is 0. The first-order valence-corrected chi connectivity index (χ1v) is 23.9. The molecule has 0 atom stereocenters. The zero-order chi connectivity index (χ0) is 45.0. The maximum Gasteiger partial charge on any atom is 0.307 e. The number of hydrazine groups is 1. The molecule has 4 aliphatic heterocycles. The van der Waals surface area contributed by atoms with Crippen LogP contribution in [0.15, 0.2) is 133 Å². The molecule has 0 radical (unpaired) electrons. The summed E-state index contributed by atoms with van der Waals surface area (Å²) in [6, 6.07) is 51.8. The Labute approximate surface area is 388 Å². The van der Waals surface area contributed by atoms with Crippen molar-refractivity contribution in [3.8, 4) is 33.6 Å². The summed E-state index contributed by atoms with van der Waals surface area (Å²) in [5.74, 6) is 0. The summed E-state index contributed by atoms with van der Waals surface area (Å²) in [6.07, 6.45) is 0. The molecule has 0 aliphatic carbocycles. The van der Waals surface area contributed by atoms with E-state index in [4.69, 9.17) is 0 Å². The second-order valence-electron chi connectivity index (χ2n) is 21.9. The van der Waals surface area contributed by atoms with E-state index < -0.39 is 0 Å². The molecular weight excluding hydrogens is 798 g/mol. The molecule has 0 amide bonds. The van der Waals surface area contributed by atoms with Gasteiger partial charge in [0.1, 0.15) is 0 Å². The number of para-hydroxylation sites is 2. The second kappa shape index (κ2) is 12.6. The average molecular weight is 851 g/mol. The van der Waals surface area contributed by atoms with Gasteiger partial charge in [-0.25, -0.2) is 0 Å². The molecule has 0 bridgehead atoms. The molecule has 66 heavy (non-hydrogen) atoms. The molecule has 6 heteroatoms. The molecule has 10 aromatic rings. The van der Waals surface area contributed by atoms with Gasteiger partial charge in [0, 0.05) is 32.9 Å². The fourth-order valence-electron chi connectivity index (χ4n) is 13.3. The van der Waals surface area contributed by atoms with Crippen molar-refractivity contribution in [1.82, 2.24) is 14.0 Å². The van der Waals surface area contributed by atoms with E-state index in [-0.39, 0.29) is 24.5 Å². The molecule has 0 N–H and O–H groups in total. The lowest BCUT2D eigenvalue weighted by Gasteiger charge is -2.35. The molecule has 14 rings (SSSR count). The first kappa shape index (κ1) is 38.5. The van der Waals surface area contributed by atoms with Crippen molar-refractivity contribution in [3.05, 3.63) is 167 Å². The minimum atomic E-state index is -0.118. The van der Waals surface area contributed by atoms with Crippen molar-refractivity contribution in [3.63, 3.8) is 0 Å². The van der Waals surface area contributed by atoms with Gasteiger partial charge in [0.2, 0.25) is 0 Å². The number of anilines is 2. The molecular formula is C60H52B2N4. The first-order valence-electron chi connectivity index (χ1n) is 23.9. The summed E-state index contributed by atoms with van der Waals surface area (Å²) >= 11 is 0. The fraction of sp³-hybridized carbons (Fsp3) is 0.200. The van der Waals surface area contributed by atoms with Gasteiger partial charge in [-0.2, -0.15) is 0 Å². The van der Waals surface area contributed by atoms with E-state index in [1.165, 1.54) is 144 Å². The zero-order valence-electron chi connectivity index (χ0n) is 39.6. The van der Waals surface area contributed by atoms with E-state index in [9.17, 15) is 0 Å². The van der Waals surface area contributed by atoms with E-state index in [1.54, 1.807) is 0 Å². The number of benzene rings is 8. The van der Waals surface area contributed by atoms with Crippen molar-refractivity contribution in [2.75, 3.05) is 5.01 Å². The van der Waals surface area contributed by atoms with Gasteiger partial charge in [0.05, 0.1) is 33.4 Å². The van der Waals surface area contributed by atoms with Crippen LogP contribution in [0.3, 0.4) is 0 Å². The topological polar surface area (TPSA) is 16.3 Å². The Morgan fingerprint density at radius 2 is 0.803 bits per heavy atom. The normalized spacial score (nSPS) is 14.7. The van der Waals surface area contributed by atoms with Crippen molar-refractivity contribution < 1.29 is 0 Å². The lowest BCUT2D eigenvalue weighted by atomic mass is 9.38. The maximum atomic E-state index is 2.82. The molecule has 0 saturated heterocycles. The van der Waals surface area contributed by atoms with Gasteiger partial charge in [-0.1, -0.05) is 139 Å². The summed E-state index contributed by atoms with van der Waals surface area (Å²) in [5.41, 5.74) is 29.0. The number of nitrogens with zero attached hydrogens (tertiary/aromatic N) is 4. The first-order chi connectivity index (χ1) is 31.7. The maximum absolute atomic E-state index is 2.82. The SMILES string of the molecule is Cc1cccc(C)c1-c1ccc2c(c1)-n1c3ccccc3c3c(C(C)(C)C)cc4c(c31)B2N1B2c3ccc(-c5c(C)cccc5C)cc3-n3c5ccccc5c5c(C(C)(C)C)cc(c2c53)N41. The van der Waals surface area contributed by atoms with Gasteiger partial charge < -0.3 is 9.13 Å². The van der Waals surface area contributed by atoms with Crippen LogP contribution in [0.5, 0.6) is 0 Å². The quantitative estimate of drug-likeness (QED) is 0.161. The van der Waals surface area contributed by atoms with E-state index in [1.807, 2.05) is 0 Å². The van der Waals surface area contributed by atoms with Crippen LogP contribution >= 0.6 is 0 Å². The number of rotatable bonds is 2. The lowest BCUT2D eigenvalue weighted by Crippen LogP contribution is -2.66. The molecule has 0 unspecified atom stereocenters. The Kier molecular flexibility index (Phi) is 7.33. The summed E-state index contributed by atoms with van der Waals surface area (Å²) in [4.78, 5) is 2.82. The smallest absolute Gasteiger partial charge is 0.307 e. The van der Waals surface area contributed by atoms with E-state index >= 15 is 0 Å². The largest absolute Gasteiger partial charge is 0.310 e. The summed E-state index contributed by atoms with van der Waals surface area (Å²) in [5, 5.41) is 8.14. The fourth-order valence-corrected chi connectivity index (χ4v) is 13.3. The van der Waals surface area contributed by atoms with Crippen molar-refractivity contribution in [2.24, 2.45) is 0 Å². The highest BCUT2D eigenvalue weighted by molar-refractivity contribution is 7.03. The van der Waals surface area contributed by atoms with Crippen LogP contribution in [0.1, 0.15) is 74.9 Å². The number of hydrogen-bond acceptors (Lipinski definition) is 2. The molecule has 4 aliphatic rings. The second-order valence-corrected chi connectivity index (χ2v) is 21.9. The van der Waals surface area contributed by atoms with Crippen LogP contribution in [0, 0.1) is 27.7 Å². The van der Waals surface area contributed by atoms with Crippen LogP contribution in [-0.2, 0) is 10.8 Å². The standard InChI is InChI=1S/C60H52B2N4/c1-33-17-15-18-34(2)51(33)37-25-27-43-47(29-37)63-45-23-13-11-21-39(45)53-41(59(5,6)7)31-49-55(57(53)63)61(43)66-62-44-28-26-38(52-35(3)19-16-20-36(52)4)30-48(44)64-46-24-14-12-22-40(46)54-42(60(8,9)10)32-50(65(49)66)56(62)58(54)64/h11-32H,1-10H3. The van der Waals surface area contributed by atoms with Crippen LogP contribution in [0.4, 0.5) is 11.4 Å². The predicted molar refractivity (Wildman–Crippen MR) is 283 cm³/mol. The number of aromatic nitrogens is 2. The van der Waals surface area contributed by atoms with E-state index in [0.717, 1.165) is 0 Å². The minimum Gasteiger partial charge on any atom is -0.310 e. The van der Waals surface area contributed by atoms with Gasteiger partial charge in [0.15, 0.2) is 0 Å². The van der Waals surface area contributed by atoms with Gasteiger partial charge in [-0.15, -0.1) is 0 Å². The highest BCUT2D eigenvalue weighted by Crippen LogP contribution is 2.52. The van der Waals surface area contributed by atoms with Gasteiger partial charge in [0.25, 0.3) is 0 Å². The molecule has 4 nitrogen and oxygen atoms in total. The average Bonchev–Trinajstić information content (AvgIpc) is 4.01. The molecule has 6 heterocycles. The Morgan fingerprint density at radius 3 is 1.20 bits per heavy atom. The third kappa shape index (κ3) is 4.66. The molecule has 2 aromatic heterocycles. The van der Waals surface area contributed by atoms with Crippen LogP contribution in [0.2, 0.25) is 0 Å². The van der Waals surface area contributed by atoms with Gasteiger partial charge in [-0.3, -0.25) is 9.84 Å². The third-order valence-corrected chi connectivity index (χ3v) is 16.0. The number of fused-ring (bicyclic) bond motifs is 17. The highest BCUT2D eigenvalue weighted by Gasteiger charge is 2.59. The Bertz CT molecular complexity index is 3580. The third-order valence-electron chi connectivity index (χ3n) is 16.0. The van der Waals surface area contributed by atoms with Crippen LogP contribution < -0.4 is 26.9 Å². The predicted octanol–water partition coefficient (Wildman–Crippen LogP) is 12.3. The Hall–Kier alpha value is -6.75. The van der Waals surface area contributed by atoms with E-state index in [2.05, 4.69) is 222 Å². The minimum absolute atomic E-state index is 0.0250. The summed E-state index contributed by atoms with van der Waals surface area (Å²) in [6.45, 7) is 23.4. The van der Waals surface area contributed by atoms with Crippen LogP contribution in [0.25, 0.3) is 77.2 Å². The van der Waals surface area contributed by atoms with E-state index in [0.29, 0.717) is 0 Å². The molecule has 0 saturated carbocycles. The number of aryl methyl sites for hydroxylation is 4. The van der Waals surface area contributed by atoms with Gasteiger partial charge >= 0.3 is 13.7 Å². The van der Waals surface area contributed by atoms with Crippen molar-refractivity contribution >= 4 is 90.5 Å². The Balaban J connectivity index is 1.16. The van der Waals surface area contributed by atoms with Crippen molar-refractivity contribution in [1.29, 1.82) is 0 Å². The summed E-state index contributed by atoms with van der Waals surface area (Å²) in [7, 11) is 0. The molecule has 318 valence electrons. The molecule has 0 fully saturated rings. The van der Waals surface area contributed by atoms with Gasteiger partial charge in [-0.05, 0) is 152 Å². The Morgan fingerprint density at radius 1 is 0.409 bits per heavy atom. The zero-order valence-corrected chi connectivity index (χ0v) is 39.6. The molecule has 8 aromatic carbocycles. The lowest BCUT2D eigenvalue weighted by molar-refractivity contribution is 0.595. The highest BCUT2D eigenvalue weighted by atomic mass is 15.6. The van der Waals surface area contributed by atoms with Crippen molar-refractivity contribution in [2.45, 2.75) is 80.1 Å². The monoisotopic (exact) mass is 850 g/mol. The molecule has 0 spiro atoms. The van der Waals surface area contributed by atoms with Crippen LogP contribution in [-0.4, -0.2) is 27.7 Å².